The van der Waals surface area contributed by atoms with Crippen molar-refractivity contribution in [1.82, 2.24) is 9.88 Å². The van der Waals surface area contributed by atoms with Crippen molar-refractivity contribution in [1.29, 1.82) is 0 Å². The van der Waals surface area contributed by atoms with E-state index in [1.165, 1.54) is 17.5 Å². The molecule has 6 rings (SSSR count). The van der Waals surface area contributed by atoms with Crippen molar-refractivity contribution in [2.45, 2.75) is 44.8 Å². The van der Waals surface area contributed by atoms with Gasteiger partial charge in [0, 0.05) is 49.3 Å². The Bertz CT molecular complexity index is 1280. The van der Waals surface area contributed by atoms with Crippen LogP contribution in [0.5, 0.6) is 5.75 Å². The molecule has 0 N–H and O–H groups in total. The highest BCUT2D eigenvalue weighted by Gasteiger charge is 2.27. The van der Waals surface area contributed by atoms with E-state index in [0.29, 0.717) is 37.6 Å². The number of amides is 1. The number of anilines is 1. The SMILES string of the molecule is COc1cccc(C(=O)N(Cc2cc3cc4c(cc3nc2N2CCOCC2)CCC4)C[C@H]2CCCO2)c1. The van der Waals surface area contributed by atoms with Gasteiger partial charge in [-0.15, -0.1) is 0 Å². The fourth-order valence-electron chi connectivity index (χ4n) is 5.84. The zero-order valence-electron chi connectivity index (χ0n) is 21.6. The molecule has 1 amide bonds. The van der Waals surface area contributed by atoms with E-state index in [9.17, 15) is 4.79 Å². The maximum atomic E-state index is 13.9. The number of aryl methyl sites for hydroxylation is 2. The van der Waals surface area contributed by atoms with Gasteiger partial charge in [-0.1, -0.05) is 6.07 Å². The molecule has 3 aliphatic rings. The number of carbonyl (C=O) groups excluding carboxylic acids is 1. The molecular formula is C30H35N3O4. The summed E-state index contributed by atoms with van der Waals surface area (Å²) in [5.41, 5.74) is 5.59. The van der Waals surface area contributed by atoms with Crippen LogP contribution in [0.25, 0.3) is 10.9 Å². The van der Waals surface area contributed by atoms with E-state index < -0.39 is 0 Å². The van der Waals surface area contributed by atoms with Crippen LogP contribution in [-0.2, 0) is 28.9 Å². The van der Waals surface area contributed by atoms with Gasteiger partial charge in [-0.2, -0.15) is 0 Å². The first kappa shape index (κ1) is 24.2. The number of hydrogen-bond acceptors (Lipinski definition) is 6. The smallest absolute Gasteiger partial charge is 0.254 e. The number of fused-ring (bicyclic) bond motifs is 2. The minimum atomic E-state index is -0.0172. The molecule has 37 heavy (non-hydrogen) atoms. The van der Waals surface area contributed by atoms with Gasteiger partial charge in [-0.25, -0.2) is 4.98 Å². The Kier molecular flexibility index (Phi) is 6.98. The molecule has 0 radical (unpaired) electrons. The van der Waals surface area contributed by atoms with E-state index in [1.54, 1.807) is 7.11 Å². The van der Waals surface area contributed by atoms with Crippen LogP contribution in [0.15, 0.2) is 42.5 Å². The first-order chi connectivity index (χ1) is 18.2. The zero-order chi connectivity index (χ0) is 25.2. The van der Waals surface area contributed by atoms with E-state index in [0.717, 1.165) is 67.7 Å². The highest BCUT2D eigenvalue weighted by Crippen LogP contribution is 2.32. The van der Waals surface area contributed by atoms with Crippen molar-refractivity contribution in [2.24, 2.45) is 0 Å². The van der Waals surface area contributed by atoms with Crippen LogP contribution in [0.4, 0.5) is 5.82 Å². The fourth-order valence-corrected chi connectivity index (χ4v) is 5.84. The molecule has 1 aliphatic carbocycles. The van der Waals surface area contributed by atoms with Crippen LogP contribution in [0.2, 0.25) is 0 Å². The van der Waals surface area contributed by atoms with Crippen molar-refractivity contribution in [2.75, 3.05) is 51.5 Å². The van der Waals surface area contributed by atoms with Crippen LogP contribution >= 0.6 is 0 Å². The molecule has 1 aromatic heterocycles. The number of rotatable bonds is 7. The molecule has 7 heteroatoms. The maximum absolute atomic E-state index is 13.9. The Hall–Kier alpha value is -3.16. The third-order valence-corrected chi connectivity index (χ3v) is 7.81. The Morgan fingerprint density at radius 3 is 2.70 bits per heavy atom. The number of aromatic nitrogens is 1. The number of nitrogens with zero attached hydrogens (tertiary/aromatic N) is 3. The van der Waals surface area contributed by atoms with E-state index >= 15 is 0 Å². The average molecular weight is 502 g/mol. The van der Waals surface area contributed by atoms with Crippen LogP contribution in [0.1, 0.15) is 46.3 Å². The van der Waals surface area contributed by atoms with E-state index in [4.69, 9.17) is 19.2 Å². The molecule has 2 aliphatic heterocycles. The summed E-state index contributed by atoms with van der Waals surface area (Å²) < 4.78 is 17.0. The molecule has 0 spiro atoms. The molecular weight excluding hydrogens is 466 g/mol. The summed E-state index contributed by atoms with van der Waals surface area (Å²) in [7, 11) is 1.62. The van der Waals surface area contributed by atoms with Crippen LogP contribution in [0.3, 0.4) is 0 Å². The Morgan fingerprint density at radius 2 is 1.92 bits per heavy atom. The van der Waals surface area contributed by atoms with Crippen LogP contribution in [-0.4, -0.2) is 68.5 Å². The highest BCUT2D eigenvalue weighted by atomic mass is 16.5. The predicted molar refractivity (Wildman–Crippen MR) is 144 cm³/mol. The molecule has 0 saturated carbocycles. The van der Waals surface area contributed by atoms with E-state index in [-0.39, 0.29) is 12.0 Å². The number of benzene rings is 2. The average Bonchev–Trinajstić information content (AvgIpc) is 3.63. The van der Waals surface area contributed by atoms with E-state index in [2.05, 4.69) is 23.1 Å². The second-order valence-electron chi connectivity index (χ2n) is 10.3. The largest absolute Gasteiger partial charge is 0.497 e. The summed E-state index contributed by atoms with van der Waals surface area (Å²) >= 11 is 0. The summed E-state index contributed by atoms with van der Waals surface area (Å²) in [6.07, 6.45) is 5.53. The standard InChI is InChI=1S/C30H35N3O4/c1-35-26-8-3-7-23(17-26)30(34)33(20-27-9-4-12-37-27)19-25-16-24-15-21-5-2-6-22(21)18-28(24)31-29(25)32-10-13-36-14-11-32/h3,7-8,15-18,27H,2,4-6,9-14,19-20H2,1H3/t27-/m1/s1. The summed E-state index contributed by atoms with van der Waals surface area (Å²) in [6, 6.07) is 14.3. The zero-order valence-corrected chi connectivity index (χ0v) is 21.6. The van der Waals surface area contributed by atoms with Crippen LogP contribution < -0.4 is 9.64 Å². The van der Waals surface area contributed by atoms with Crippen molar-refractivity contribution in [3.63, 3.8) is 0 Å². The fraction of sp³-hybridized carbons (Fsp3) is 0.467. The normalized spacial score (nSPS) is 19.3. The Morgan fingerprint density at radius 1 is 1.08 bits per heavy atom. The first-order valence-corrected chi connectivity index (χ1v) is 13.5. The van der Waals surface area contributed by atoms with Crippen LogP contribution in [0, 0.1) is 0 Å². The molecule has 3 aromatic rings. The minimum absolute atomic E-state index is 0.0172. The highest BCUT2D eigenvalue weighted by molar-refractivity contribution is 5.95. The van der Waals surface area contributed by atoms with Gasteiger partial charge >= 0.3 is 0 Å². The predicted octanol–water partition coefficient (Wildman–Crippen LogP) is 4.39. The molecule has 2 fully saturated rings. The Labute approximate surface area is 218 Å². The monoisotopic (exact) mass is 501 g/mol. The van der Waals surface area contributed by atoms with Crippen molar-refractivity contribution >= 4 is 22.6 Å². The lowest BCUT2D eigenvalue weighted by molar-refractivity contribution is 0.0507. The number of morpholine rings is 1. The van der Waals surface area contributed by atoms with Crippen molar-refractivity contribution < 1.29 is 19.0 Å². The second-order valence-corrected chi connectivity index (χ2v) is 10.3. The molecule has 3 heterocycles. The van der Waals surface area contributed by atoms with Gasteiger partial charge in [0.2, 0.25) is 0 Å². The maximum Gasteiger partial charge on any atom is 0.254 e. The molecule has 1 atom stereocenters. The number of carbonyl (C=O) groups is 1. The number of pyridine rings is 1. The number of methoxy groups -OCH3 is 1. The summed E-state index contributed by atoms with van der Waals surface area (Å²) in [6.45, 7) is 4.76. The van der Waals surface area contributed by atoms with E-state index in [1.807, 2.05) is 29.2 Å². The third-order valence-electron chi connectivity index (χ3n) is 7.81. The molecule has 0 bridgehead atoms. The lowest BCUT2D eigenvalue weighted by Crippen LogP contribution is -2.40. The van der Waals surface area contributed by atoms with Gasteiger partial charge < -0.3 is 24.0 Å². The van der Waals surface area contributed by atoms with Crippen molar-refractivity contribution in [3.8, 4) is 5.75 Å². The van der Waals surface area contributed by atoms with Gasteiger partial charge in [-0.3, -0.25) is 4.79 Å². The lowest BCUT2D eigenvalue weighted by atomic mass is 10.0. The van der Waals surface area contributed by atoms with Crippen molar-refractivity contribution in [3.05, 3.63) is 64.7 Å². The third kappa shape index (κ3) is 5.15. The molecule has 194 valence electrons. The first-order valence-electron chi connectivity index (χ1n) is 13.5. The molecule has 2 saturated heterocycles. The topological polar surface area (TPSA) is 64.1 Å². The molecule has 2 aromatic carbocycles. The molecule has 7 nitrogen and oxygen atoms in total. The number of ether oxygens (including phenoxy) is 3. The summed E-state index contributed by atoms with van der Waals surface area (Å²) in [4.78, 5) is 23.3. The van der Waals surface area contributed by atoms with Gasteiger partial charge in [0.15, 0.2) is 0 Å². The minimum Gasteiger partial charge on any atom is -0.497 e. The van der Waals surface area contributed by atoms with Gasteiger partial charge in [0.1, 0.15) is 11.6 Å². The van der Waals surface area contributed by atoms with Gasteiger partial charge in [-0.05, 0) is 79.6 Å². The number of hydrogen-bond donors (Lipinski definition) is 0. The Balaban J connectivity index is 1.39. The van der Waals surface area contributed by atoms with Gasteiger partial charge in [0.05, 0.1) is 31.9 Å². The summed E-state index contributed by atoms with van der Waals surface area (Å²) in [5, 5.41) is 1.15. The van der Waals surface area contributed by atoms with Gasteiger partial charge in [0.25, 0.3) is 5.91 Å². The summed E-state index contributed by atoms with van der Waals surface area (Å²) in [5.74, 6) is 1.62. The molecule has 0 unspecified atom stereocenters. The quantitative estimate of drug-likeness (QED) is 0.479. The lowest BCUT2D eigenvalue weighted by Gasteiger charge is -2.32. The second kappa shape index (κ2) is 10.7.